The molecule has 2 aromatic heterocycles. The van der Waals surface area contributed by atoms with E-state index in [1.54, 1.807) is 0 Å². The standard InChI is InChI=1S/C24H25ClN4O2S/c25-18-6-4-17(5-7-18)20-8-9-21(31-20)23-22(19-3-1-2-10-26-19)27-24(32)29(23)12-11-28-13-15-30-16-14-28/h1-10,22-23H,11-16H2,(H,27,32)/t22-,23-/m1/s1. The highest BCUT2D eigenvalue weighted by molar-refractivity contribution is 7.80. The maximum Gasteiger partial charge on any atom is 0.170 e. The number of benzene rings is 1. The molecule has 6 nitrogen and oxygen atoms in total. The molecule has 0 aliphatic carbocycles. The molecule has 2 aliphatic rings. The third-order valence-corrected chi connectivity index (χ3v) is 6.61. The molecule has 5 rings (SSSR count). The molecule has 0 radical (unpaired) electrons. The van der Waals surface area contributed by atoms with Crippen molar-refractivity contribution in [2.75, 3.05) is 39.4 Å². The minimum atomic E-state index is -0.0855. The number of morpholine rings is 1. The van der Waals surface area contributed by atoms with E-state index in [0.717, 1.165) is 67.3 Å². The monoisotopic (exact) mass is 468 g/mol. The number of furan rings is 1. The van der Waals surface area contributed by atoms with Crippen molar-refractivity contribution in [1.82, 2.24) is 20.1 Å². The number of rotatable bonds is 6. The number of nitrogens with one attached hydrogen (secondary N) is 1. The average Bonchev–Trinajstić information content (AvgIpc) is 3.44. The summed E-state index contributed by atoms with van der Waals surface area (Å²) in [5, 5.41) is 4.92. The normalized spacial score (nSPS) is 21.7. The van der Waals surface area contributed by atoms with Gasteiger partial charge in [0.05, 0.1) is 24.9 Å². The van der Waals surface area contributed by atoms with E-state index in [9.17, 15) is 0 Å². The van der Waals surface area contributed by atoms with Crippen LogP contribution in [0.2, 0.25) is 5.02 Å². The Morgan fingerprint density at radius 2 is 1.84 bits per heavy atom. The smallest absolute Gasteiger partial charge is 0.170 e. The second kappa shape index (κ2) is 9.58. The Balaban J connectivity index is 1.43. The summed E-state index contributed by atoms with van der Waals surface area (Å²) in [5.41, 5.74) is 1.93. The van der Waals surface area contributed by atoms with Crippen LogP contribution in [0.3, 0.4) is 0 Å². The highest BCUT2D eigenvalue weighted by Crippen LogP contribution is 2.40. The number of thiocarbonyl (C=S) groups is 1. The highest BCUT2D eigenvalue weighted by Gasteiger charge is 2.41. The first-order valence-electron chi connectivity index (χ1n) is 10.8. The lowest BCUT2D eigenvalue weighted by Gasteiger charge is -2.31. The molecule has 3 aromatic rings. The Bertz CT molecular complexity index is 1050. The van der Waals surface area contributed by atoms with Gasteiger partial charge in [0.1, 0.15) is 17.6 Å². The van der Waals surface area contributed by atoms with Gasteiger partial charge in [-0.25, -0.2) is 0 Å². The summed E-state index contributed by atoms with van der Waals surface area (Å²) in [5.74, 6) is 1.67. The lowest BCUT2D eigenvalue weighted by molar-refractivity contribution is 0.0347. The van der Waals surface area contributed by atoms with Crippen LogP contribution < -0.4 is 5.32 Å². The van der Waals surface area contributed by atoms with Crippen LogP contribution in [-0.4, -0.2) is 59.3 Å². The predicted molar refractivity (Wildman–Crippen MR) is 129 cm³/mol. The first-order valence-corrected chi connectivity index (χ1v) is 11.6. The van der Waals surface area contributed by atoms with Gasteiger partial charge in [-0.05, 0) is 60.7 Å². The fraction of sp³-hybridized carbons (Fsp3) is 0.333. The van der Waals surface area contributed by atoms with Crippen molar-refractivity contribution in [2.45, 2.75) is 12.1 Å². The summed E-state index contributed by atoms with van der Waals surface area (Å²) >= 11 is 11.8. The van der Waals surface area contributed by atoms with Crippen molar-refractivity contribution in [1.29, 1.82) is 0 Å². The van der Waals surface area contributed by atoms with E-state index in [1.165, 1.54) is 0 Å². The summed E-state index contributed by atoms with van der Waals surface area (Å²) in [4.78, 5) is 9.24. The molecule has 0 bridgehead atoms. The highest BCUT2D eigenvalue weighted by atomic mass is 35.5. The zero-order valence-electron chi connectivity index (χ0n) is 17.6. The lowest BCUT2D eigenvalue weighted by Crippen LogP contribution is -2.42. The van der Waals surface area contributed by atoms with E-state index in [4.69, 9.17) is 33.0 Å². The summed E-state index contributed by atoms with van der Waals surface area (Å²) in [7, 11) is 0. The number of hydrogen-bond donors (Lipinski definition) is 1. The van der Waals surface area contributed by atoms with Gasteiger partial charge >= 0.3 is 0 Å². The van der Waals surface area contributed by atoms with Crippen LogP contribution >= 0.6 is 23.8 Å². The molecule has 4 heterocycles. The van der Waals surface area contributed by atoms with Gasteiger partial charge in [-0.3, -0.25) is 9.88 Å². The van der Waals surface area contributed by atoms with Crippen LogP contribution in [-0.2, 0) is 4.74 Å². The summed E-state index contributed by atoms with van der Waals surface area (Å²) in [6, 6.07) is 17.5. The van der Waals surface area contributed by atoms with Gasteiger partial charge < -0.3 is 19.4 Å². The minimum absolute atomic E-state index is 0.0838. The molecule has 0 amide bonds. The Labute approximate surface area is 198 Å². The van der Waals surface area contributed by atoms with Crippen molar-refractivity contribution in [2.24, 2.45) is 0 Å². The SMILES string of the molecule is S=C1N[C@H](c2ccccn2)[C@@H](c2ccc(-c3ccc(Cl)cc3)o2)N1CCN1CCOCC1. The Morgan fingerprint density at radius 1 is 1.03 bits per heavy atom. The van der Waals surface area contributed by atoms with Crippen molar-refractivity contribution in [3.05, 3.63) is 77.3 Å². The number of nitrogens with zero attached hydrogens (tertiary/aromatic N) is 3. The number of hydrogen-bond acceptors (Lipinski definition) is 5. The molecule has 2 aliphatic heterocycles. The molecule has 2 fully saturated rings. The fourth-order valence-corrected chi connectivity index (χ4v) is 4.77. The number of halogens is 1. The molecule has 0 spiro atoms. The van der Waals surface area contributed by atoms with Crippen LogP contribution in [0, 0.1) is 0 Å². The van der Waals surface area contributed by atoms with Crippen LogP contribution in [0.25, 0.3) is 11.3 Å². The first-order chi connectivity index (χ1) is 15.7. The quantitative estimate of drug-likeness (QED) is 0.541. The molecule has 1 aromatic carbocycles. The molecule has 2 atom stereocenters. The van der Waals surface area contributed by atoms with Gasteiger partial charge in [0.25, 0.3) is 0 Å². The third-order valence-electron chi connectivity index (χ3n) is 6.01. The summed E-state index contributed by atoms with van der Waals surface area (Å²) in [6.07, 6.45) is 1.81. The Kier molecular flexibility index (Phi) is 6.41. The van der Waals surface area contributed by atoms with E-state index in [2.05, 4.69) is 20.1 Å². The number of aromatic nitrogens is 1. The van der Waals surface area contributed by atoms with Crippen LogP contribution in [0.5, 0.6) is 0 Å². The fourth-order valence-electron chi connectivity index (χ4n) is 4.31. The molecule has 166 valence electrons. The zero-order chi connectivity index (χ0) is 21.9. The van der Waals surface area contributed by atoms with Crippen LogP contribution in [0.4, 0.5) is 0 Å². The van der Waals surface area contributed by atoms with E-state index < -0.39 is 0 Å². The zero-order valence-corrected chi connectivity index (χ0v) is 19.2. The predicted octanol–water partition coefficient (Wildman–Crippen LogP) is 4.30. The number of pyridine rings is 1. The minimum Gasteiger partial charge on any atom is -0.459 e. The summed E-state index contributed by atoms with van der Waals surface area (Å²) < 4.78 is 11.9. The molecular weight excluding hydrogens is 444 g/mol. The first kappa shape index (κ1) is 21.4. The van der Waals surface area contributed by atoms with E-state index in [0.29, 0.717) is 5.02 Å². The van der Waals surface area contributed by atoms with Gasteiger partial charge in [-0.15, -0.1) is 0 Å². The van der Waals surface area contributed by atoms with Gasteiger partial charge in [-0.1, -0.05) is 17.7 Å². The number of ether oxygens (including phenoxy) is 1. The average molecular weight is 469 g/mol. The van der Waals surface area contributed by atoms with Crippen LogP contribution in [0.1, 0.15) is 23.5 Å². The van der Waals surface area contributed by atoms with E-state index in [-0.39, 0.29) is 12.1 Å². The second-order valence-electron chi connectivity index (χ2n) is 7.98. The molecule has 0 saturated carbocycles. The molecular formula is C24H25ClN4O2S. The van der Waals surface area contributed by atoms with Crippen LogP contribution in [0.15, 0.2) is 65.2 Å². The maximum absolute atomic E-state index is 6.37. The van der Waals surface area contributed by atoms with E-state index in [1.807, 2.05) is 60.8 Å². The van der Waals surface area contributed by atoms with Gasteiger partial charge in [0.2, 0.25) is 0 Å². The van der Waals surface area contributed by atoms with Crippen molar-refractivity contribution in [3.63, 3.8) is 0 Å². The Morgan fingerprint density at radius 3 is 2.59 bits per heavy atom. The third kappa shape index (κ3) is 4.52. The largest absolute Gasteiger partial charge is 0.459 e. The van der Waals surface area contributed by atoms with Gasteiger partial charge in [0, 0.05) is 43.0 Å². The van der Waals surface area contributed by atoms with Gasteiger partial charge in [-0.2, -0.15) is 0 Å². The molecule has 0 unspecified atom stereocenters. The second-order valence-corrected chi connectivity index (χ2v) is 8.81. The topological polar surface area (TPSA) is 53.8 Å². The van der Waals surface area contributed by atoms with Crippen molar-refractivity contribution in [3.8, 4) is 11.3 Å². The summed E-state index contributed by atoms with van der Waals surface area (Å²) in [6.45, 7) is 5.18. The molecule has 2 saturated heterocycles. The van der Waals surface area contributed by atoms with Crippen molar-refractivity contribution < 1.29 is 9.15 Å². The van der Waals surface area contributed by atoms with E-state index >= 15 is 0 Å². The lowest BCUT2D eigenvalue weighted by atomic mass is 10.0. The maximum atomic E-state index is 6.37. The molecule has 32 heavy (non-hydrogen) atoms. The molecule has 1 N–H and O–H groups in total. The Hall–Kier alpha value is -2.45. The molecule has 8 heteroatoms. The van der Waals surface area contributed by atoms with Gasteiger partial charge in [0.15, 0.2) is 5.11 Å². The van der Waals surface area contributed by atoms with Crippen molar-refractivity contribution >= 4 is 28.9 Å².